The minimum Gasteiger partial charge on any atom is -0.330 e. The molecule has 0 heterocycles. The molecule has 1 aliphatic rings. The first kappa shape index (κ1) is 17.4. The minimum absolute atomic E-state index is 0.0144. The highest BCUT2D eigenvalue weighted by molar-refractivity contribution is 9.11. The SMILES string of the molecule is CCN(C1CCCC1CN)S(=O)(=O)c1ccc(Br)cc1Br. The molecule has 1 saturated carbocycles. The third kappa shape index (κ3) is 3.52. The molecule has 1 fully saturated rings. The van der Waals surface area contributed by atoms with E-state index in [1.807, 2.05) is 6.92 Å². The number of nitrogens with zero attached hydrogens (tertiary/aromatic N) is 1. The lowest BCUT2D eigenvalue weighted by atomic mass is 10.0. The largest absolute Gasteiger partial charge is 0.330 e. The topological polar surface area (TPSA) is 63.4 Å². The summed E-state index contributed by atoms with van der Waals surface area (Å²) in [7, 11) is -3.51. The van der Waals surface area contributed by atoms with Crippen molar-refractivity contribution < 1.29 is 8.42 Å². The van der Waals surface area contributed by atoms with Crippen LogP contribution in [0.3, 0.4) is 0 Å². The number of benzene rings is 1. The van der Waals surface area contributed by atoms with Gasteiger partial charge in [-0.2, -0.15) is 4.31 Å². The zero-order chi connectivity index (χ0) is 15.6. The van der Waals surface area contributed by atoms with E-state index in [9.17, 15) is 8.42 Å². The van der Waals surface area contributed by atoms with E-state index in [-0.39, 0.29) is 12.0 Å². The van der Waals surface area contributed by atoms with E-state index >= 15 is 0 Å². The summed E-state index contributed by atoms with van der Waals surface area (Å²) in [5, 5.41) is 0. The van der Waals surface area contributed by atoms with Crippen molar-refractivity contribution in [2.45, 2.75) is 37.1 Å². The molecule has 2 rings (SSSR count). The first-order valence-corrected chi connectivity index (χ1v) is 10.1. The molecule has 2 N–H and O–H groups in total. The van der Waals surface area contributed by atoms with Crippen LogP contribution < -0.4 is 5.73 Å². The van der Waals surface area contributed by atoms with E-state index in [4.69, 9.17) is 5.73 Å². The van der Waals surface area contributed by atoms with E-state index in [2.05, 4.69) is 31.9 Å². The van der Waals surface area contributed by atoms with E-state index in [0.29, 0.717) is 22.5 Å². The predicted molar refractivity (Wildman–Crippen MR) is 91.6 cm³/mol. The number of halogens is 2. The normalized spacial score (nSPS) is 22.9. The fourth-order valence-corrected chi connectivity index (χ4v) is 6.50. The van der Waals surface area contributed by atoms with Crippen molar-refractivity contribution in [3.63, 3.8) is 0 Å². The van der Waals surface area contributed by atoms with Crippen molar-refractivity contribution in [2.75, 3.05) is 13.1 Å². The second-order valence-corrected chi connectivity index (χ2v) is 8.91. The Morgan fingerprint density at radius 3 is 2.62 bits per heavy atom. The fraction of sp³-hybridized carbons (Fsp3) is 0.571. The van der Waals surface area contributed by atoms with Crippen molar-refractivity contribution in [1.82, 2.24) is 4.31 Å². The Balaban J connectivity index is 2.40. The van der Waals surface area contributed by atoms with Gasteiger partial charge in [-0.25, -0.2) is 8.42 Å². The van der Waals surface area contributed by atoms with E-state index < -0.39 is 10.0 Å². The lowest BCUT2D eigenvalue weighted by Crippen LogP contribution is -2.44. The monoisotopic (exact) mass is 438 g/mol. The van der Waals surface area contributed by atoms with Gasteiger partial charge in [0.25, 0.3) is 0 Å². The van der Waals surface area contributed by atoms with Crippen molar-refractivity contribution in [3.8, 4) is 0 Å². The molecule has 2 unspecified atom stereocenters. The van der Waals surface area contributed by atoms with Crippen LogP contribution in [0.2, 0.25) is 0 Å². The molecule has 2 atom stereocenters. The van der Waals surface area contributed by atoms with Crippen molar-refractivity contribution in [1.29, 1.82) is 0 Å². The van der Waals surface area contributed by atoms with Gasteiger partial charge in [-0.05, 0) is 59.4 Å². The highest BCUT2D eigenvalue weighted by Gasteiger charge is 2.38. The van der Waals surface area contributed by atoms with Crippen LogP contribution in [-0.2, 0) is 10.0 Å². The van der Waals surface area contributed by atoms with Gasteiger partial charge in [0.15, 0.2) is 0 Å². The molecule has 118 valence electrons. The third-order valence-electron chi connectivity index (χ3n) is 4.08. The lowest BCUT2D eigenvalue weighted by Gasteiger charge is -2.31. The summed E-state index contributed by atoms with van der Waals surface area (Å²) in [5.74, 6) is 0.258. The molecule has 0 radical (unpaired) electrons. The van der Waals surface area contributed by atoms with Gasteiger partial charge in [0.2, 0.25) is 10.0 Å². The number of sulfonamides is 1. The Morgan fingerprint density at radius 2 is 2.05 bits per heavy atom. The number of hydrogen-bond acceptors (Lipinski definition) is 3. The molecule has 21 heavy (non-hydrogen) atoms. The van der Waals surface area contributed by atoms with E-state index in [1.54, 1.807) is 22.5 Å². The van der Waals surface area contributed by atoms with Gasteiger partial charge in [-0.3, -0.25) is 0 Å². The van der Waals surface area contributed by atoms with Crippen LogP contribution in [0.5, 0.6) is 0 Å². The molecule has 1 aromatic carbocycles. The van der Waals surface area contributed by atoms with Crippen LogP contribution in [0.25, 0.3) is 0 Å². The average Bonchev–Trinajstić information content (AvgIpc) is 2.86. The Bertz CT molecular complexity index is 607. The Morgan fingerprint density at radius 1 is 1.33 bits per heavy atom. The smallest absolute Gasteiger partial charge is 0.244 e. The fourth-order valence-electron chi connectivity index (χ4n) is 3.06. The molecule has 0 aliphatic heterocycles. The van der Waals surface area contributed by atoms with Crippen LogP contribution in [0.15, 0.2) is 32.0 Å². The van der Waals surface area contributed by atoms with Crippen LogP contribution in [-0.4, -0.2) is 31.9 Å². The Kier molecular flexibility index (Phi) is 5.87. The molecule has 7 heteroatoms. The highest BCUT2D eigenvalue weighted by atomic mass is 79.9. The van der Waals surface area contributed by atoms with Crippen molar-refractivity contribution >= 4 is 41.9 Å². The standard InChI is InChI=1S/C14H20Br2N2O2S/c1-2-18(13-5-3-4-10(13)9-17)21(19,20)14-7-6-11(15)8-12(14)16/h6-8,10,13H,2-5,9,17H2,1H3. The maximum atomic E-state index is 13.0. The number of hydrogen-bond donors (Lipinski definition) is 1. The van der Waals surface area contributed by atoms with Crippen LogP contribution in [0.1, 0.15) is 26.2 Å². The molecular formula is C14H20Br2N2O2S. The Hall–Kier alpha value is 0.0500. The second kappa shape index (κ2) is 7.08. The molecular weight excluding hydrogens is 420 g/mol. The molecule has 0 aromatic heterocycles. The van der Waals surface area contributed by atoms with Crippen molar-refractivity contribution in [2.24, 2.45) is 11.7 Å². The Labute approximate surface area is 143 Å². The number of nitrogens with two attached hydrogens (primary N) is 1. The maximum Gasteiger partial charge on any atom is 0.244 e. The molecule has 0 spiro atoms. The van der Waals surface area contributed by atoms with Crippen molar-refractivity contribution in [3.05, 3.63) is 27.1 Å². The molecule has 4 nitrogen and oxygen atoms in total. The van der Waals surface area contributed by atoms with Gasteiger partial charge in [-0.15, -0.1) is 0 Å². The molecule has 0 amide bonds. The lowest BCUT2D eigenvalue weighted by molar-refractivity contribution is 0.276. The predicted octanol–water partition coefficient (Wildman–Crippen LogP) is 3.35. The maximum absolute atomic E-state index is 13.0. The quantitative estimate of drug-likeness (QED) is 0.764. The zero-order valence-corrected chi connectivity index (χ0v) is 15.9. The molecule has 0 bridgehead atoms. The van der Waals surface area contributed by atoms with Gasteiger partial charge in [0.05, 0.1) is 4.90 Å². The molecule has 0 saturated heterocycles. The second-order valence-electron chi connectivity index (χ2n) is 5.28. The van der Waals surface area contributed by atoms with Gasteiger partial charge in [0.1, 0.15) is 0 Å². The first-order chi connectivity index (χ1) is 9.91. The van der Waals surface area contributed by atoms with Gasteiger partial charge < -0.3 is 5.73 Å². The minimum atomic E-state index is -3.51. The summed E-state index contributed by atoms with van der Waals surface area (Å²) in [6.45, 7) is 2.89. The van der Waals surface area contributed by atoms with Crippen LogP contribution in [0, 0.1) is 5.92 Å². The summed E-state index contributed by atoms with van der Waals surface area (Å²) < 4.78 is 29.0. The zero-order valence-electron chi connectivity index (χ0n) is 11.9. The van der Waals surface area contributed by atoms with Crippen LogP contribution in [0.4, 0.5) is 0 Å². The van der Waals surface area contributed by atoms with Gasteiger partial charge in [-0.1, -0.05) is 29.3 Å². The number of rotatable bonds is 5. The van der Waals surface area contributed by atoms with Crippen LogP contribution >= 0.6 is 31.9 Å². The molecule has 1 aromatic rings. The summed E-state index contributed by atoms with van der Waals surface area (Å²) in [6, 6.07) is 5.16. The summed E-state index contributed by atoms with van der Waals surface area (Å²) >= 11 is 6.71. The first-order valence-electron chi connectivity index (χ1n) is 7.08. The average molecular weight is 440 g/mol. The third-order valence-corrected chi connectivity index (χ3v) is 7.55. The van der Waals surface area contributed by atoms with Gasteiger partial charge in [0, 0.05) is 21.5 Å². The highest BCUT2D eigenvalue weighted by Crippen LogP contribution is 2.35. The summed E-state index contributed by atoms with van der Waals surface area (Å²) in [6.07, 6.45) is 2.94. The van der Waals surface area contributed by atoms with E-state index in [1.165, 1.54) is 0 Å². The van der Waals surface area contributed by atoms with Gasteiger partial charge >= 0.3 is 0 Å². The summed E-state index contributed by atoms with van der Waals surface area (Å²) in [5.41, 5.74) is 5.81. The molecule has 1 aliphatic carbocycles. The van der Waals surface area contributed by atoms with E-state index in [0.717, 1.165) is 23.7 Å². The summed E-state index contributed by atoms with van der Waals surface area (Å²) in [4.78, 5) is 0.315.